The fourth-order valence-electron chi connectivity index (χ4n) is 3.39. The molecule has 0 radical (unpaired) electrons. The third-order valence-electron chi connectivity index (χ3n) is 4.54. The number of rotatable bonds is 5. The average molecular weight is 328 g/mol. The van der Waals surface area contributed by atoms with Gasteiger partial charge in [-0.2, -0.15) is 5.10 Å². The predicted molar refractivity (Wildman–Crippen MR) is 83.4 cm³/mol. The van der Waals surface area contributed by atoms with Crippen LogP contribution < -0.4 is 5.32 Å². The Bertz CT molecular complexity index is 427. The van der Waals surface area contributed by atoms with Gasteiger partial charge in [-0.1, -0.05) is 13.3 Å². The molecule has 3 nitrogen and oxygen atoms in total. The maximum absolute atomic E-state index is 4.60. The van der Waals surface area contributed by atoms with Crippen molar-refractivity contribution in [3.8, 4) is 0 Å². The Morgan fingerprint density at radius 3 is 2.74 bits per heavy atom. The van der Waals surface area contributed by atoms with Gasteiger partial charge in [-0.3, -0.25) is 4.68 Å². The van der Waals surface area contributed by atoms with E-state index >= 15 is 0 Å². The molecule has 2 rings (SSSR count). The molecule has 19 heavy (non-hydrogen) atoms. The first kappa shape index (κ1) is 15.0. The maximum Gasteiger partial charge on any atom is 0.0738 e. The molecule has 108 valence electrons. The lowest BCUT2D eigenvalue weighted by Gasteiger charge is -2.23. The van der Waals surface area contributed by atoms with Gasteiger partial charge in [0.25, 0.3) is 0 Å². The second-order valence-corrected chi connectivity index (χ2v) is 6.73. The number of aryl methyl sites for hydroxylation is 2. The highest BCUT2D eigenvalue weighted by atomic mass is 79.9. The number of hydrogen-bond acceptors (Lipinski definition) is 2. The monoisotopic (exact) mass is 327 g/mol. The minimum Gasteiger partial charge on any atom is -0.316 e. The second kappa shape index (κ2) is 6.40. The quantitative estimate of drug-likeness (QED) is 0.896. The Hall–Kier alpha value is -0.350. The van der Waals surface area contributed by atoms with Gasteiger partial charge in [0.1, 0.15) is 0 Å². The fourth-order valence-corrected chi connectivity index (χ4v) is 3.84. The highest BCUT2D eigenvalue weighted by molar-refractivity contribution is 9.10. The minimum absolute atomic E-state index is 0.572. The number of likely N-dealkylation sites (N-methyl/N-ethyl adjacent to an activating group) is 1. The molecular formula is C15H26BrN3. The molecule has 3 atom stereocenters. The summed E-state index contributed by atoms with van der Waals surface area (Å²) in [6.07, 6.45) is 5.19. The molecule has 1 aromatic rings. The van der Waals surface area contributed by atoms with Crippen LogP contribution in [0.2, 0.25) is 0 Å². The zero-order chi connectivity index (χ0) is 14.0. The topological polar surface area (TPSA) is 29.9 Å². The lowest BCUT2D eigenvalue weighted by molar-refractivity contribution is 0.360. The Morgan fingerprint density at radius 1 is 1.47 bits per heavy atom. The Kier molecular flexibility index (Phi) is 5.07. The largest absolute Gasteiger partial charge is 0.316 e. The summed E-state index contributed by atoms with van der Waals surface area (Å²) < 4.78 is 3.34. The van der Waals surface area contributed by atoms with Crippen LogP contribution in [0.15, 0.2) is 4.47 Å². The summed E-state index contributed by atoms with van der Waals surface area (Å²) in [5.41, 5.74) is 2.45. The summed E-state index contributed by atoms with van der Waals surface area (Å²) >= 11 is 3.71. The number of nitrogens with one attached hydrogen (secondary N) is 1. The van der Waals surface area contributed by atoms with Crippen LogP contribution in [0.3, 0.4) is 0 Å². The molecule has 0 spiro atoms. The summed E-state index contributed by atoms with van der Waals surface area (Å²) in [6, 6.07) is 0.572. The first-order valence-corrected chi connectivity index (χ1v) is 8.25. The molecule has 0 bridgehead atoms. The molecule has 1 fully saturated rings. The van der Waals surface area contributed by atoms with Crippen molar-refractivity contribution >= 4 is 15.9 Å². The van der Waals surface area contributed by atoms with Gasteiger partial charge in [-0.05, 0) is 61.5 Å². The molecule has 1 saturated carbocycles. The van der Waals surface area contributed by atoms with E-state index in [1.807, 2.05) is 0 Å². The summed E-state index contributed by atoms with van der Waals surface area (Å²) in [7, 11) is 2.10. The molecule has 1 heterocycles. The van der Waals surface area contributed by atoms with Crippen molar-refractivity contribution in [2.45, 2.75) is 59.0 Å². The minimum atomic E-state index is 0.572. The molecule has 0 saturated heterocycles. The van der Waals surface area contributed by atoms with Gasteiger partial charge in [0.15, 0.2) is 0 Å². The van der Waals surface area contributed by atoms with Crippen LogP contribution >= 0.6 is 15.9 Å². The van der Waals surface area contributed by atoms with E-state index in [-0.39, 0.29) is 0 Å². The van der Waals surface area contributed by atoms with Gasteiger partial charge in [-0.25, -0.2) is 0 Å². The van der Waals surface area contributed by atoms with E-state index in [1.54, 1.807) is 0 Å². The zero-order valence-electron chi connectivity index (χ0n) is 12.5. The first-order chi connectivity index (χ1) is 9.06. The smallest absolute Gasteiger partial charge is 0.0738 e. The Balaban J connectivity index is 2.14. The van der Waals surface area contributed by atoms with E-state index in [4.69, 9.17) is 0 Å². The van der Waals surface area contributed by atoms with Crippen LogP contribution in [0.1, 0.15) is 44.5 Å². The summed E-state index contributed by atoms with van der Waals surface area (Å²) in [4.78, 5) is 0. The highest BCUT2D eigenvalue weighted by Gasteiger charge is 2.29. The molecule has 1 aromatic heterocycles. The number of nitrogens with zero attached hydrogens (tertiary/aromatic N) is 2. The van der Waals surface area contributed by atoms with Crippen LogP contribution in [0.25, 0.3) is 0 Å². The van der Waals surface area contributed by atoms with Crippen LogP contribution in [-0.2, 0) is 13.0 Å². The summed E-state index contributed by atoms with van der Waals surface area (Å²) in [5, 5.41) is 8.14. The Morgan fingerprint density at radius 2 is 2.21 bits per heavy atom. The molecule has 0 amide bonds. The van der Waals surface area contributed by atoms with Crippen molar-refractivity contribution in [1.82, 2.24) is 15.1 Å². The molecular weight excluding hydrogens is 302 g/mol. The normalized spacial score (nSPS) is 24.9. The third-order valence-corrected chi connectivity index (χ3v) is 5.57. The van der Waals surface area contributed by atoms with Crippen molar-refractivity contribution in [2.75, 3.05) is 7.05 Å². The van der Waals surface area contributed by atoms with E-state index < -0.39 is 0 Å². The summed E-state index contributed by atoms with van der Waals surface area (Å²) in [5.74, 6) is 1.70. The van der Waals surface area contributed by atoms with E-state index in [2.05, 4.69) is 58.8 Å². The molecule has 1 N–H and O–H groups in total. The number of aromatic nitrogens is 2. The van der Waals surface area contributed by atoms with Crippen molar-refractivity contribution in [3.05, 3.63) is 15.9 Å². The highest BCUT2D eigenvalue weighted by Crippen LogP contribution is 2.34. The van der Waals surface area contributed by atoms with Gasteiger partial charge in [0.2, 0.25) is 0 Å². The zero-order valence-corrected chi connectivity index (χ0v) is 14.1. The molecule has 1 aliphatic rings. The number of halogens is 1. The van der Waals surface area contributed by atoms with Crippen molar-refractivity contribution < 1.29 is 0 Å². The van der Waals surface area contributed by atoms with Gasteiger partial charge in [0.05, 0.1) is 15.9 Å². The van der Waals surface area contributed by atoms with E-state index in [1.165, 1.54) is 29.4 Å². The van der Waals surface area contributed by atoms with Gasteiger partial charge in [-0.15, -0.1) is 0 Å². The van der Waals surface area contributed by atoms with Crippen LogP contribution in [0, 0.1) is 18.8 Å². The molecule has 1 aliphatic carbocycles. The van der Waals surface area contributed by atoms with Gasteiger partial charge < -0.3 is 5.32 Å². The summed E-state index contributed by atoms with van der Waals surface area (Å²) in [6.45, 7) is 7.56. The maximum atomic E-state index is 4.60. The molecule has 4 heteroatoms. The molecule has 3 unspecified atom stereocenters. The van der Waals surface area contributed by atoms with Gasteiger partial charge in [0, 0.05) is 19.0 Å². The first-order valence-electron chi connectivity index (χ1n) is 7.45. The van der Waals surface area contributed by atoms with E-state index in [0.29, 0.717) is 6.04 Å². The van der Waals surface area contributed by atoms with Crippen LogP contribution in [0.4, 0.5) is 0 Å². The SMILES string of the molecule is CCn1nc(C)c(Br)c1CC(NC)C1CCC(C)C1. The van der Waals surface area contributed by atoms with E-state index in [9.17, 15) is 0 Å². The lowest BCUT2D eigenvalue weighted by atomic mass is 9.93. The fraction of sp³-hybridized carbons (Fsp3) is 0.800. The lowest BCUT2D eigenvalue weighted by Crippen LogP contribution is -2.35. The number of hydrogen-bond donors (Lipinski definition) is 1. The third kappa shape index (κ3) is 3.22. The van der Waals surface area contributed by atoms with Crippen molar-refractivity contribution in [2.24, 2.45) is 11.8 Å². The molecule has 0 aromatic carbocycles. The van der Waals surface area contributed by atoms with E-state index in [0.717, 1.165) is 30.5 Å². The second-order valence-electron chi connectivity index (χ2n) is 5.94. The van der Waals surface area contributed by atoms with Crippen LogP contribution in [-0.4, -0.2) is 22.9 Å². The molecule has 0 aliphatic heterocycles. The Labute approximate surface area is 125 Å². The van der Waals surface area contributed by atoms with Crippen molar-refractivity contribution in [1.29, 1.82) is 0 Å². The standard InChI is InChI=1S/C15H26BrN3/c1-5-19-14(15(16)11(3)18-19)9-13(17-4)12-7-6-10(2)8-12/h10,12-13,17H,5-9H2,1-4H3. The van der Waals surface area contributed by atoms with Crippen molar-refractivity contribution in [3.63, 3.8) is 0 Å². The van der Waals surface area contributed by atoms with Crippen LogP contribution in [0.5, 0.6) is 0 Å². The predicted octanol–water partition coefficient (Wildman–Crippen LogP) is 3.54. The average Bonchev–Trinajstić information content (AvgIpc) is 2.93. The van der Waals surface area contributed by atoms with Gasteiger partial charge >= 0.3 is 0 Å².